The Hall–Kier alpha value is -0.990. The van der Waals surface area contributed by atoms with E-state index in [9.17, 15) is 0 Å². The summed E-state index contributed by atoms with van der Waals surface area (Å²) in [6.07, 6.45) is 10.8. The van der Waals surface area contributed by atoms with Gasteiger partial charge in [-0.25, -0.2) is 0 Å². The fraction of sp³-hybridized carbons (Fsp3) is 0.812. The molecule has 104 valence electrons. The van der Waals surface area contributed by atoms with Gasteiger partial charge in [0, 0.05) is 23.2 Å². The maximum Gasteiger partial charge on any atom is 0.149 e. The zero-order valence-electron chi connectivity index (χ0n) is 12.1. The molecule has 4 aliphatic rings. The third kappa shape index (κ3) is 1.66. The minimum Gasteiger partial charge on any atom is -0.382 e. The van der Waals surface area contributed by atoms with Crippen LogP contribution in [-0.4, -0.2) is 9.78 Å². The molecule has 0 atom stereocenters. The van der Waals surface area contributed by atoms with E-state index in [2.05, 4.69) is 29.8 Å². The van der Waals surface area contributed by atoms with Crippen LogP contribution in [0.25, 0.3) is 0 Å². The van der Waals surface area contributed by atoms with Crippen molar-refractivity contribution in [2.24, 2.45) is 17.8 Å². The number of aromatic nitrogens is 2. The summed E-state index contributed by atoms with van der Waals surface area (Å²) in [4.78, 5) is 0. The quantitative estimate of drug-likeness (QED) is 0.883. The molecule has 1 aromatic heterocycles. The van der Waals surface area contributed by atoms with Crippen LogP contribution in [0.2, 0.25) is 0 Å². The van der Waals surface area contributed by atoms with Crippen LogP contribution in [0.5, 0.6) is 0 Å². The smallest absolute Gasteiger partial charge is 0.149 e. The van der Waals surface area contributed by atoms with Crippen molar-refractivity contribution in [2.75, 3.05) is 5.73 Å². The van der Waals surface area contributed by atoms with Gasteiger partial charge in [0.25, 0.3) is 0 Å². The molecule has 0 radical (unpaired) electrons. The molecule has 4 bridgehead atoms. The topological polar surface area (TPSA) is 43.8 Å². The second kappa shape index (κ2) is 3.77. The molecule has 4 saturated carbocycles. The second-order valence-corrected chi connectivity index (χ2v) is 7.70. The zero-order chi connectivity index (χ0) is 13.2. The van der Waals surface area contributed by atoms with Crippen LogP contribution in [0.15, 0.2) is 6.20 Å². The van der Waals surface area contributed by atoms with Crippen molar-refractivity contribution in [3.8, 4) is 0 Å². The molecule has 4 fully saturated rings. The molecule has 1 heterocycles. The van der Waals surface area contributed by atoms with Crippen LogP contribution in [0.3, 0.4) is 0 Å². The third-order valence-electron chi connectivity index (χ3n) is 5.90. The van der Waals surface area contributed by atoms with Gasteiger partial charge in [0.1, 0.15) is 5.82 Å². The van der Waals surface area contributed by atoms with Crippen molar-refractivity contribution in [3.05, 3.63) is 11.8 Å². The van der Waals surface area contributed by atoms with Gasteiger partial charge >= 0.3 is 0 Å². The molecule has 0 saturated heterocycles. The fourth-order valence-electron chi connectivity index (χ4n) is 5.52. The Morgan fingerprint density at radius 3 is 2.11 bits per heavy atom. The fourth-order valence-corrected chi connectivity index (χ4v) is 5.52. The Labute approximate surface area is 115 Å². The average molecular weight is 259 g/mol. The molecular weight excluding hydrogens is 234 g/mol. The summed E-state index contributed by atoms with van der Waals surface area (Å²) in [7, 11) is 0. The van der Waals surface area contributed by atoms with E-state index < -0.39 is 0 Å². The van der Waals surface area contributed by atoms with E-state index in [1.807, 2.05) is 0 Å². The second-order valence-electron chi connectivity index (χ2n) is 7.70. The average Bonchev–Trinajstić information content (AvgIpc) is 2.70. The van der Waals surface area contributed by atoms with Crippen LogP contribution >= 0.6 is 0 Å². The summed E-state index contributed by atoms with van der Waals surface area (Å²) in [5.74, 6) is 3.70. The number of nitrogen functional groups attached to an aromatic ring is 1. The first-order chi connectivity index (χ1) is 9.06. The van der Waals surface area contributed by atoms with E-state index in [1.165, 1.54) is 44.1 Å². The molecule has 2 N–H and O–H groups in total. The Morgan fingerprint density at radius 1 is 1.16 bits per heavy atom. The molecule has 0 aromatic carbocycles. The first-order valence-electron chi connectivity index (χ1n) is 7.91. The largest absolute Gasteiger partial charge is 0.382 e. The van der Waals surface area contributed by atoms with Crippen LogP contribution in [0.1, 0.15) is 64.0 Å². The Balaban J connectivity index is 1.75. The predicted octanol–water partition coefficient (Wildman–Crippen LogP) is 3.51. The van der Waals surface area contributed by atoms with Crippen LogP contribution in [0, 0.1) is 17.8 Å². The first kappa shape index (κ1) is 11.8. The summed E-state index contributed by atoms with van der Waals surface area (Å²) >= 11 is 0. The minimum absolute atomic E-state index is 0.381. The normalized spacial score (nSPS) is 40.3. The van der Waals surface area contributed by atoms with E-state index in [-0.39, 0.29) is 0 Å². The van der Waals surface area contributed by atoms with Gasteiger partial charge in [0.05, 0.1) is 0 Å². The minimum atomic E-state index is 0.381. The summed E-state index contributed by atoms with van der Waals surface area (Å²) in [6, 6.07) is 0.407. The van der Waals surface area contributed by atoms with Crippen LogP contribution in [0.4, 0.5) is 5.82 Å². The summed E-state index contributed by atoms with van der Waals surface area (Å²) in [5.41, 5.74) is 8.02. The molecule has 0 spiro atoms. The van der Waals surface area contributed by atoms with Crippen molar-refractivity contribution in [2.45, 2.75) is 63.8 Å². The molecule has 5 rings (SSSR count). The van der Waals surface area contributed by atoms with E-state index in [0.717, 1.165) is 23.6 Å². The van der Waals surface area contributed by atoms with E-state index in [1.54, 1.807) is 0 Å². The van der Waals surface area contributed by atoms with E-state index in [4.69, 9.17) is 5.73 Å². The summed E-state index contributed by atoms with van der Waals surface area (Å²) < 4.78 is 2.06. The zero-order valence-corrected chi connectivity index (χ0v) is 12.1. The van der Waals surface area contributed by atoms with Crippen LogP contribution in [-0.2, 0) is 5.41 Å². The standard InChI is InChI=1S/C16H25N3/c1-10(2)19-9-14(15(17)18-19)16-6-11-3-12(7-16)5-13(4-11)8-16/h9-13H,3-8H2,1-2H3,(H2,17,18). The highest BCUT2D eigenvalue weighted by molar-refractivity contribution is 5.45. The van der Waals surface area contributed by atoms with Crippen molar-refractivity contribution in [1.29, 1.82) is 0 Å². The van der Waals surface area contributed by atoms with Crippen molar-refractivity contribution in [1.82, 2.24) is 9.78 Å². The summed E-state index contributed by atoms with van der Waals surface area (Å²) in [5, 5.41) is 4.56. The van der Waals surface area contributed by atoms with E-state index in [0.29, 0.717) is 11.5 Å². The predicted molar refractivity (Wildman–Crippen MR) is 76.9 cm³/mol. The highest BCUT2D eigenvalue weighted by Gasteiger charge is 2.52. The number of anilines is 1. The maximum absolute atomic E-state index is 6.27. The van der Waals surface area contributed by atoms with Gasteiger partial charge in [-0.2, -0.15) is 5.10 Å². The Bertz CT molecular complexity index is 465. The molecule has 19 heavy (non-hydrogen) atoms. The van der Waals surface area contributed by atoms with Gasteiger partial charge in [0.2, 0.25) is 0 Å². The lowest BCUT2D eigenvalue weighted by atomic mass is 9.48. The van der Waals surface area contributed by atoms with Gasteiger partial charge in [0.15, 0.2) is 0 Å². The molecule has 1 aromatic rings. The highest BCUT2D eigenvalue weighted by atomic mass is 15.3. The van der Waals surface area contributed by atoms with Gasteiger partial charge in [-0.15, -0.1) is 0 Å². The monoisotopic (exact) mass is 259 g/mol. The number of rotatable bonds is 2. The van der Waals surface area contributed by atoms with Crippen molar-refractivity contribution in [3.63, 3.8) is 0 Å². The third-order valence-corrected chi connectivity index (χ3v) is 5.90. The Kier molecular flexibility index (Phi) is 2.34. The first-order valence-corrected chi connectivity index (χ1v) is 7.91. The van der Waals surface area contributed by atoms with Gasteiger partial charge < -0.3 is 5.73 Å². The number of hydrogen-bond acceptors (Lipinski definition) is 2. The van der Waals surface area contributed by atoms with Crippen LogP contribution < -0.4 is 5.73 Å². The SMILES string of the molecule is CC(C)n1cc(C23CC4CC(CC(C4)C2)C3)c(N)n1. The highest BCUT2D eigenvalue weighted by Crippen LogP contribution is 2.61. The molecule has 3 heteroatoms. The number of hydrogen-bond donors (Lipinski definition) is 1. The summed E-state index contributed by atoms with van der Waals surface area (Å²) in [6.45, 7) is 4.35. The lowest BCUT2D eigenvalue weighted by Gasteiger charge is -2.56. The number of nitrogens with two attached hydrogens (primary N) is 1. The van der Waals surface area contributed by atoms with Gasteiger partial charge in [-0.3, -0.25) is 4.68 Å². The lowest BCUT2D eigenvalue weighted by Crippen LogP contribution is -2.48. The van der Waals surface area contributed by atoms with E-state index >= 15 is 0 Å². The molecule has 0 amide bonds. The van der Waals surface area contributed by atoms with Crippen molar-refractivity contribution >= 4 is 5.82 Å². The molecule has 4 aliphatic carbocycles. The lowest BCUT2D eigenvalue weighted by molar-refractivity contribution is -0.00489. The molecular formula is C16H25N3. The molecule has 0 unspecified atom stereocenters. The van der Waals surface area contributed by atoms with Gasteiger partial charge in [-0.05, 0) is 70.1 Å². The number of nitrogens with zero attached hydrogens (tertiary/aromatic N) is 2. The van der Waals surface area contributed by atoms with Crippen molar-refractivity contribution < 1.29 is 0 Å². The molecule has 0 aliphatic heterocycles. The molecule has 3 nitrogen and oxygen atoms in total. The van der Waals surface area contributed by atoms with Gasteiger partial charge in [-0.1, -0.05) is 0 Å². The maximum atomic E-state index is 6.27. The Morgan fingerprint density at radius 2 is 1.68 bits per heavy atom.